The van der Waals surface area contributed by atoms with Crippen LogP contribution in [0.15, 0.2) is 60.8 Å². The molecule has 128 valence electrons. The van der Waals surface area contributed by atoms with Gasteiger partial charge in [0.2, 0.25) is 5.78 Å². The van der Waals surface area contributed by atoms with E-state index in [1.807, 2.05) is 30.3 Å². The van der Waals surface area contributed by atoms with Gasteiger partial charge in [-0.05, 0) is 42.6 Å². The molecule has 0 aliphatic rings. The number of carbonyl (C=O) groups is 2. The van der Waals surface area contributed by atoms with Gasteiger partial charge in [-0.3, -0.25) is 9.59 Å². The molecule has 3 nitrogen and oxygen atoms in total. The first-order valence-corrected chi connectivity index (χ1v) is 8.76. The number of hydrogen-bond acceptors (Lipinski definition) is 2. The van der Waals surface area contributed by atoms with Crippen LogP contribution in [-0.2, 0) is 0 Å². The molecule has 26 heavy (non-hydrogen) atoms. The SMILES string of the molecule is CC(=O)c1cc(C(=O)c2ccc(Cl)cc2Cl)n2ccc3ccccc3c12. The third-order valence-corrected chi connectivity index (χ3v) is 4.99. The number of aromatic nitrogens is 1. The molecule has 0 N–H and O–H groups in total. The second kappa shape index (κ2) is 6.27. The van der Waals surface area contributed by atoms with E-state index >= 15 is 0 Å². The lowest BCUT2D eigenvalue weighted by molar-refractivity contribution is 0.101. The summed E-state index contributed by atoms with van der Waals surface area (Å²) in [6.45, 7) is 1.50. The number of hydrogen-bond donors (Lipinski definition) is 0. The molecule has 2 aromatic heterocycles. The molecule has 0 saturated carbocycles. The maximum Gasteiger partial charge on any atom is 0.211 e. The Kier molecular flexibility index (Phi) is 4.06. The summed E-state index contributed by atoms with van der Waals surface area (Å²) in [5, 5.41) is 2.66. The minimum atomic E-state index is -0.260. The molecule has 0 aliphatic carbocycles. The van der Waals surface area contributed by atoms with Crippen LogP contribution in [0.25, 0.3) is 16.3 Å². The van der Waals surface area contributed by atoms with E-state index < -0.39 is 0 Å². The molecule has 4 aromatic rings. The second-order valence-electron chi connectivity index (χ2n) is 6.07. The van der Waals surface area contributed by atoms with Gasteiger partial charge in [-0.25, -0.2) is 0 Å². The molecule has 2 aromatic carbocycles. The van der Waals surface area contributed by atoms with Crippen LogP contribution < -0.4 is 0 Å². The van der Waals surface area contributed by atoms with Crippen molar-refractivity contribution >= 4 is 51.1 Å². The third-order valence-electron chi connectivity index (χ3n) is 4.44. The molecular weight excluding hydrogens is 369 g/mol. The number of benzene rings is 2. The number of nitrogens with zero attached hydrogens (tertiary/aromatic N) is 1. The Morgan fingerprint density at radius 1 is 0.923 bits per heavy atom. The first-order chi connectivity index (χ1) is 12.5. The van der Waals surface area contributed by atoms with Crippen molar-refractivity contribution < 1.29 is 9.59 Å². The van der Waals surface area contributed by atoms with Crippen LogP contribution in [0.3, 0.4) is 0 Å². The van der Waals surface area contributed by atoms with Gasteiger partial charge in [0.15, 0.2) is 5.78 Å². The largest absolute Gasteiger partial charge is 0.312 e. The lowest BCUT2D eigenvalue weighted by atomic mass is 10.1. The summed E-state index contributed by atoms with van der Waals surface area (Å²) in [5.41, 5.74) is 1.97. The highest BCUT2D eigenvalue weighted by atomic mass is 35.5. The van der Waals surface area contributed by atoms with Crippen LogP contribution in [-0.4, -0.2) is 16.0 Å². The highest BCUT2D eigenvalue weighted by molar-refractivity contribution is 6.37. The molecule has 2 heterocycles. The number of Topliss-reactive ketones (excluding diaryl/α,β-unsaturated/α-hetero) is 1. The summed E-state index contributed by atoms with van der Waals surface area (Å²) >= 11 is 12.1. The van der Waals surface area contributed by atoms with Gasteiger partial charge < -0.3 is 4.40 Å². The van der Waals surface area contributed by atoms with Gasteiger partial charge in [0, 0.05) is 27.7 Å². The monoisotopic (exact) mass is 381 g/mol. The number of halogens is 2. The Morgan fingerprint density at radius 3 is 2.42 bits per heavy atom. The predicted octanol–water partition coefficient (Wildman–Crippen LogP) is 5.83. The average molecular weight is 382 g/mol. The van der Waals surface area contributed by atoms with Gasteiger partial charge >= 0.3 is 0 Å². The molecule has 0 radical (unpaired) electrons. The van der Waals surface area contributed by atoms with Crippen molar-refractivity contribution in [3.05, 3.63) is 87.7 Å². The molecule has 0 spiro atoms. The van der Waals surface area contributed by atoms with E-state index in [9.17, 15) is 9.59 Å². The Morgan fingerprint density at radius 2 is 1.69 bits per heavy atom. The van der Waals surface area contributed by atoms with Gasteiger partial charge in [-0.1, -0.05) is 47.5 Å². The normalized spacial score (nSPS) is 11.2. The first kappa shape index (κ1) is 16.8. The van der Waals surface area contributed by atoms with Crippen molar-refractivity contribution in [2.45, 2.75) is 6.92 Å². The van der Waals surface area contributed by atoms with Crippen LogP contribution in [0.2, 0.25) is 10.0 Å². The van der Waals surface area contributed by atoms with E-state index in [1.54, 1.807) is 28.8 Å². The van der Waals surface area contributed by atoms with Crippen molar-refractivity contribution in [2.24, 2.45) is 0 Å². The van der Waals surface area contributed by atoms with E-state index in [-0.39, 0.29) is 16.6 Å². The van der Waals surface area contributed by atoms with Crippen molar-refractivity contribution in [3.8, 4) is 0 Å². The molecule has 0 atom stereocenters. The zero-order chi connectivity index (χ0) is 18.4. The quantitative estimate of drug-likeness (QED) is 0.418. The summed E-state index contributed by atoms with van der Waals surface area (Å²) in [6, 6.07) is 16.1. The van der Waals surface area contributed by atoms with Crippen molar-refractivity contribution in [2.75, 3.05) is 0 Å². The zero-order valence-corrected chi connectivity index (χ0v) is 15.3. The fourth-order valence-corrected chi connectivity index (χ4v) is 3.72. The minimum absolute atomic E-state index is 0.0971. The fourth-order valence-electron chi connectivity index (χ4n) is 3.22. The highest BCUT2D eigenvalue weighted by Crippen LogP contribution is 2.29. The topological polar surface area (TPSA) is 38.5 Å². The molecule has 4 rings (SSSR count). The third kappa shape index (κ3) is 2.61. The van der Waals surface area contributed by atoms with Crippen LogP contribution in [0.4, 0.5) is 0 Å². The van der Waals surface area contributed by atoms with Crippen molar-refractivity contribution in [3.63, 3.8) is 0 Å². The molecule has 0 unspecified atom stereocenters. The van der Waals surface area contributed by atoms with Crippen LogP contribution >= 0.6 is 23.2 Å². The zero-order valence-electron chi connectivity index (χ0n) is 13.8. The molecule has 0 saturated heterocycles. The van der Waals surface area contributed by atoms with Gasteiger partial charge in [0.05, 0.1) is 16.2 Å². The Hall–Kier alpha value is -2.62. The van der Waals surface area contributed by atoms with Crippen LogP contribution in [0.1, 0.15) is 33.3 Å². The van der Waals surface area contributed by atoms with Gasteiger partial charge in [0.1, 0.15) is 0 Å². The number of carbonyl (C=O) groups excluding carboxylic acids is 2. The molecule has 5 heteroatoms. The van der Waals surface area contributed by atoms with E-state index in [1.165, 1.54) is 13.0 Å². The maximum absolute atomic E-state index is 13.1. The number of fused-ring (bicyclic) bond motifs is 3. The van der Waals surface area contributed by atoms with Crippen LogP contribution in [0, 0.1) is 0 Å². The highest BCUT2D eigenvalue weighted by Gasteiger charge is 2.22. The molecule has 0 amide bonds. The Bertz CT molecular complexity index is 1210. The maximum atomic E-state index is 13.1. The summed E-state index contributed by atoms with van der Waals surface area (Å²) < 4.78 is 1.76. The minimum Gasteiger partial charge on any atom is -0.312 e. The Balaban J connectivity index is 2.03. The van der Waals surface area contributed by atoms with E-state index in [4.69, 9.17) is 23.2 Å². The van der Waals surface area contributed by atoms with Crippen molar-refractivity contribution in [1.29, 1.82) is 0 Å². The summed E-state index contributed by atoms with van der Waals surface area (Å²) in [5.74, 6) is -0.357. The van der Waals surface area contributed by atoms with Gasteiger partial charge in [0.25, 0.3) is 0 Å². The first-order valence-electron chi connectivity index (χ1n) is 8.01. The van der Waals surface area contributed by atoms with Crippen LogP contribution in [0.5, 0.6) is 0 Å². The molecule has 0 bridgehead atoms. The van der Waals surface area contributed by atoms with Gasteiger partial charge in [-0.15, -0.1) is 0 Å². The van der Waals surface area contributed by atoms with E-state index in [0.29, 0.717) is 21.8 Å². The predicted molar refractivity (Wildman–Crippen MR) is 105 cm³/mol. The molecular formula is C21H13Cl2NO2. The lowest BCUT2D eigenvalue weighted by Crippen LogP contribution is -2.05. The average Bonchev–Trinajstić information content (AvgIpc) is 3.01. The smallest absolute Gasteiger partial charge is 0.211 e. The Labute approximate surface area is 159 Å². The standard InChI is InChI=1S/C21H13Cl2NO2/c1-12(25)17-11-19(21(26)16-7-6-14(22)10-18(16)23)24-9-8-13-4-2-3-5-15(13)20(17)24/h2-11H,1H3. The summed E-state index contributed by atoms with van der Waals surface area (Å²) in [6.07, 6.45) is 1.81. The van der Waals surface area contributed by atoms with Crippen molar-refractivity contribution in [1.82, 2.24) is 4.40 Å². The lowest BCUT2D eigenvalue weighted by Gasteiger charge is -2.07. The summed E-state index contributed by atoms with van der Waals surface area (Å²) in [7, 11) is 0. The summed E-state index contributed by atoms with van der Waals surface area (Å²) in [4.78, 5) is 25.3. The van der Waals surface area contributed by atoms with E-state index in [0.717, 1.165) is 16.3 Å². The van der Waals surface area contributed by atoms with E-state index in [2.05, 4.69) is 0 Å². The fraction of sp³-hybridized carbons (Fsp3) is 0.0476. The number of rotatable bonds is 3. The number of pyridine rings is 1. The molecule has 0 fully saturated rings. The van der Waals surface area contributed by atoms with Gasteiger partial charge in [-0.2, -0.15) is 0 Å². The molecule has 0 aliphatic heterocycles. The number of ketones is 2. The second-order valence-corrected chi connectivity index (χ2v) is 6.92.